The summed E-state index contributed by atoms with van der Waals surface area (Å²) in [4.78, 5) is 15.4. The van der Waals surface area contributed by atoms with Crippen LogP contribution in [-0.2, 0) is 11.2 Å². The molecule has 13 heavy (non-hydrogen) atoms. The van der Waals surface area contributed by atoms with Gasteiger partial charge in [-0.1, -0.05) is 6.92 Å². The first kappa shape index (κ1) is 10.7. The summed E-state index contributed by atoms with van der Waals surface area (Å²) in [5.41, 5.74) is 0. The maximum Gasteiger partial charge on any atom is 0.149 e. The summed E-state index contributed by atoms with van der Waals surface area (Å²) in [5, 5.41) is 2.84. The normalized spacial score (nSPS) is 10.2. The van der Waals surface area contributed by atoms with E-state index in [0.717, 1.165) is 17.2 Å². The maximum atomic E-state index is 11.3. The van der Waals surface area contributed by atoms with Crippen molar-refractivity contribution < 1.29 is 4.79 Å². The Balaban J connectivity index is 2.18. The second kappa shape index (κ2) is 6.16. The largest absolute Gasteiger partial charge is 0.298 e. The Hall–Kier alpha value is -0.350. The molecule has 0 atom stereocenters. The second-order valence-electron chi connectivity index (χ2n) is 2.69. The minimum absolute atomic E-state index is 0.286. The molecule has 0 N–H and O–H groups in total. The monoisotopic (exact) mass is 215 g/mol. The molecule has 0 unspecified atom stereocenters. The van der Waals surface area contributed by atoms with Crippen LogP contribution in [0.25, 0.3) is 0 Å². The van der Waals surface area contributed by atoms with Crippen molar-refractivity contribution >= 4 is 28.9 Å². The van der Waals surface area contributed by atoms with Gasteiger partial charge in [0.15, 0.2) is 0 Å². The van der Waals surface area contributed by atoms with Crippen molar-refractivity contribution in [2.24, 2.45) is 0 Å². The highest BCUT2D eigenvalue weighted by atomic mass is 32.2. The highest BCUT2D eigenvalue weighted by Crippen LogP contribution is 2.08. The van der Waals surface area contributed by atoms with Crippen LogP contribution in [0.3, 0.4) is 0 Å². The average Bonchev–Trinajstić information content (AvgIpc) is 2.57. The van der Waals surface area contributed by atoms with Gasteiger partial charge >= 0.3 is 0 Å². The Labute approximate surface area is 86.8 Å². The molecule has 1 aromatic rings. The summed E-state index contributed by atoms with van der Waals surface area (Å²) in [5.74, 6) is 1.99. The zero-order chi connectivity index (χ0) is 9.52. The molecule has 0 aliphatic carbocycles. The van der Waals surface area contributed by atoms with Gasteiger partial charge in [0.25, 0.3) is 0 Å². The van der Waals surface area contributed by atoms with Gasteiger partial charge in [0.05, 0.1) is 17.2 Å². The van der Waals surface area contributed by atoms with Crippen LogP contribution < -0.4 is 0 Å². The lowest BCUT2D eigenvalue weighted by Crippen LogP contribution is -2.05. The Morgan fingerprint density at radius 2 is 2.54 bits per heavy atom. The standard InChI is InChI=1S/C9H13NOS2/c1-2-4-12-7-8(11)6-9-10-3-5-13-9/h3,5H,2,4,6-7H2,1H3. The van der Waals surface area contributed by atoms with E-state index >= 15 is 0 Å². The molecule has 0 bridgehead atoms. The molecule has 1 heterocycles. The van der Waals surface area contributed by atoms with Gasteiger partial charge < -0.3 is 0 Å². The SMILES string of the molecule is CCCSCC(=O)Cc1nccs1. The van der Waals surface area contributed by atoms with Crippen LogP contribution in [0, 0.1) is 0 Å². The van der Waals surface area contributed by atoms with Gasteiger partial charge in [-0.25, -0.2) is 4.98 Å². The number of nitrogens with zero attached hydrogens (tertiary/aromatic N) is 1. The molecule has 4 heteroatoms. The topological polar surface area (TPSA) is 30.0 Å². The first-order valence-corrected chi connectivity index (χ1v) is 6.34. The Morgan fingerprint density at radius 3 is 3.15 bits per heavy atom. The lowest BCUT2D eigenvalue weighted by Gasteiger charge is -1.96. The fraction of sp³-hybridized carbons (Fsp3) is 0.556. The van der Waals surface area contributed by atoms with Crippen LogP contribution in [0.1, 0.15) is 18.4 Å². The van der Waals surface area contributed by atoms with E-state index in [9.17, 15) is 4.79 Å². The van der Waals surface area contributed by atoms with E-state index in [1.807, 2.05) is 5.38 Å². The van der Waals surface area contributed by atoms with Crippen molar-refractivity contribution in [3.05, 3.63) is 16.6 Å². The first-order chi connectivity index (χ1) is 6.33. The molecular formula is C9H13NOS2. The van der Waals surface area contributed by atoms with Crippen LogP contribution in [-0.4, -0.2) is 22.3 Å². The Kier molecular flexibility index (Phi) is 5.08. The molecule has 0 saturated heterocycles. The average molecular weight is 215 g/mol. The molecule has 1 aromatic heterocycles. The summed E-state index contributed by atoms with van der Waals surface area (Å²) in [6, 6.07) is 0. The third-order valence-electron chi connectivity index (χ3n) is 1.44. The van der Waals surface area contributed by atoms with Gasteiger partial charge in [-0.2, -0.15) is 11.8 Å². The number of carbonyl (C=O) groups is 1. The number of ketones is 1. The van der Waals surface area contributed by atoms with E-state index in [-0.39, 0.29) is 5.78 Å². The number of hydrogen-bond acceptors (Lipinski definition) is 4. The molecule has 0 aliphatic heterocycles. The molecule has 0 fully saturated rings. The van der Waals surface area contributed by atoms with Crippen molar-refractivity contribution in [3.63, 3.8) is 0 Å². The van der Waals surface area contributed by atoms with Crippen LogP contribution in [0.5, 0.6) is 0 Å². The number of rotatable bonds is 6. The highest BCUT2D eigenvalue weighted by molar-refractivity contribution is 7.99. The lowest BCUT2D eigenvalue weighted by molar-refractivity contribution is -0.116. The van der Waals surface area contributed by atoms with E-state index < -0.39 is 0 Å². The summed E-state index contributed by atoms with van der Waals surface area (Å²) in [6.07, 6.45) is 3.38. The highest BCUT2D eigenvalue weighted by Gasteiger charge is 2.04. The number of aromatic nitrogens is 1. The minimum atomic E-state index is 0.286. The van der Waals surface area contributed by atoms with Gasteiger partial charge in [-0.3, -0.25) is 4.79 Å². The minimum Gasteiger partial charge on any atom is -0.298 e. The molecule has 2 nitrogen and oxygen atoms in total. The number of Topliss-reactive ketones (excluding diaryl/α,β-unsaturated/α-hetero) is 1. The fourth-order valence-electron chi connectivity index (χ4n) is 0.890. The lowest BCUT2D eigenvalue weighted by atomic mass is 10.3. The molecule has 0 aliphatic rings. The summed E-state index contributed by atoms with van der Waals surface area (Å²) in [6.45, 7) is 2.12. The number of carbonyl (C=O) groups excluding carboxylic acids is 1. The van der Waals surface area contributed by atoms with E-state index in [2.05, 4.69) is 11.9 Å². The number of hydrogen-bond donors (Lipinski definition) is 0. The number of thiazole rings is 1. The van der Waals surface area contributed by atoms with Gasteiger partial charge in [0, 0.05) is 11.6 Å². The van der Waals surface area contributed by atoms with E-state index in [1.54, 1.807) is 29.3 Å². The third-order valence-corrected chi connectivity index (χ3v) is 3.45. The van der Waals surface area contributed by atoms with E-state index in [4.69, 9.17) is 0 Å². The predicted molar refractivity (Wildman–Crippen MR) is 58.4 cm³/mol. The van der Waals surface area contributed by atoms with Crippen molar-refractivity contribution in [2.75, 3.05) is 11.5 Å². The third kappa shape index (κ3) is 4.43. The van der Waals surface area contributed by atoms with Crippen molar-refractivity contribution in [2.45, 2.75) is 19.8 Å². The predicted octanol–water partition coefficient (Wildman–Crippen LogP) is 2.40. The molecule has 72 valence electrons. The summed E-state index contributed by atoms with van der Waals surface area (Å²) < 4.78 is 0. The van der Waals surface area contributed by atoms with Crippen LogP contribution in [0.4, 0.5) is 0 Å². The maximum absolute atomic E-state index is 11.3. The second-order valence-corrected chi connectivity index (χ2v) is 4.78. The van der Waals surface area contributed by atoms with Crippen LogP contribution >= 0.6 is 23.1 Å². The van der Waals surface area contributed by atoms with Crippen LogP contribution in [0.2, 0.25) is 0 Å². The molecule has 0 saturated carbocycles. The molecule has 0 spiro atoms. The molecule has 0 radical (unpaired) electrons. The molecule has 0 amide bonds. The van der Waals surface area contributed by atoms with E-state index in [0.29, 0.717) is 12.2 Å². The first-order valence-electron chi connectivity index (χ1n) is 4.30. The van der Waals surface area contributed by atoms with Crippen molar-refractivity contribution in [3.8, 4) is 0 Å². The molecule has 1 rings (SSSR count). The fourth-order valence-corrected chi connectivity index (χ4v) is 2.30. The quantitative estimate of drug-likeness (QED) is 0.683. The van der Waals surface area contributed by atoms with Crippen LogP contribution in [0.15, 0.2) is 11.6 Å². The Morgan fingerprint density at radius 1 is 1.69 bits per heavy atom. The summed E-state index contributed by atoms with van der Waals surface area (Å²) >= 11 is 3.26. The van der Waals surface area contributed by atoms with Gasteiger partial charge in [-0.05, 0) is 12.2 Å². The van der Waals surface area contributed by atoms with Gasteiger partial charge in [0.1, 0.15) is 5.78 Å². The van der Waals surface area contributed by atoms with Gasteiger partial charge in [0.2, 0.25) is 0 Å². The van der Waals surface area contributed by atoms with E-state index in [1.165, 1.54) is 0 Å². The smallest absolute Gasteiger partial charge is 0.149 e. The number of thioether (sulfide) groups is 1. The molecule has 0 aromatic carbocycles. The zero-order valence-corrected chi connectivity index (χ0v) is 9.29. The van der Waals surface area contributed by atoms with Gasteiger partial charge in [-0.15, -0.1) is 11.3 Å². The molecular weight excluding hydrogens is 202 g/mol. The van der Waals surface area contributed by atoms with Crippen molar-refractivity contribution in [1.82, 2.24) is 4.98 Å². The summed E-state index contributed by atoms with van der Waals surface area (Å²) in [7, 11) is 0. The zero-order valence-electron chi connectivity index (χ0n) is 7.66. The van der Waals surface area contributed by atoms with Crippen molar-refractivity contribution in [1.29, 1.82) is 0 Å². The Bertz CT molecular complexity index is 246.